The summed E-state index contributed by atoms with van der Waals surface area (Å²) in [6, 6.07) is 12.0. The predicted molar refractivity (Wildman–Crippen MR) is 121 cm³/mol. The van der Waals surface area contributed by atoms with Crippen molar-refractivity contribution in [3.05, 3.63) is 56.2 Å². The zero-order valence-corrected chi connectivity index (χ0v) is 19.2. The quantitative estimate of drug-likeness (QED) is 0.647. The minimum Gasteiger partial charge on any atom is -0.350 e. The van der Waals surface area contributed by atoms with E-state index in [1.54, 1.807) is 13.1 Å². The Morgan fingerprint density at radius 1 is 1.03 bits per heavy atom. The fraction of sp³-hybridized carbons (Fsp3) is 0.455. The zero-order chi connectivity index (χ0) is 20.6. The molecule has 5 nitrogen and oxygen atoms in total. The van der Waals surface area contributed by atoms with Crippen LogP contribution in [0, 0.1) is 0 Å². The van der Waals surface area contributed by atoms with Crippen LogP contribution in [0.1, 0.15) is 46.5 Å². The van der Waals surface area contributed by atoms with Crippen molar-refractivity contribution in [2.24, 2.45) is 0 Å². The van der Waals surface area contributed by atoms with Crippen molar-refractivity contribution in [3.63, 3.8) is 0 Å². The summed E-state index contributed by atoms with van der Waals surface area (Å²) in [4.78, 5) is 29.1. The van der Waals surface area contributed by atoms with Gasteiger partial charge >= 0.3 is 0 Å². The van der Waals surface area contributed by atoms with Gasteiger partial charge in [0, 0.05) is 20.1 Å². The summed E-state index contributed by atoms with van der Waals surface area (Å²) in [7, 11) is 1.65. The number of hydrogen-bond acceptors (Lipinski definition) is 4. The maximum Gasteiger partial charge on any atom is 0.264 e. The van der Waals surface area contributed by atoms with Gasteiger partial charge in [0.2, 0.25) is 5.91 Å². The molecule has 156 valence electrons. The smallest absolute Gasteiger partial charge is 0.264 e. The number of carbonyl (C=O) groups excluding carboxylic acids is 2. The molecule has 0 aliphatic carbocycles. The number of likely N-dealkylation sites (N-methyl/N-ethyl adjacent to an activating group) is 1. The van der Waals surface area contributed by atoms with Crippen molar-refractivity contribution >= 4 is 39.1 Å². The Labute approximate surface area is 185 Å². The van der Waals surface area contributed by atoms with Crippen molar-refractivity contribution in [2.45, 2.75) is 38.8 Å². The Kier molecular flexibility index (Phi) is 8.27. The van der Waals surface area contributed by atoms with Crippen molar-refractivity contribution in [3.8, 4) is 0 Å². The molecular formula is C22H28BrN3O2S. The molecule has 7 heteroatoms. The van der Waals surface area contributed by atoms with Crippen LogP contribution in [0.25, 0.3) is 0 Å². The summed E-state index contributed by atoms with van der Waals surface area (Å²) >= 11 is 4.72. The number of nitrogens with one attached hydrogen (secondary N) is 1. The minimum absolute atomic E-state index is 0.0431. The third-order valence-corrected chi connectivity index (χ3v) is 6.74. The normalized spacial score (nSPS) is 15.0. The number of hydrogen-bond donors (Lipinski definition) is 1. The molecule has 0 atom stereocenters. The summed E-state index contributed by atoms with van der Waals surface area (Å²) in [5.41, 5.74) is 2.38. The minimum atomic E-state index is -0.162. The van der Waals surface area contributed by atoms with E-state index in [0.29, 0.717) is 11.4 Å². The standard InChI is InChI=1S/C22H28BrN3O2S/c1-25(22(28)19-10-11-20(23)29-19)16-21(27)24-14-17-6-8-18(9-7-17)15-26-12-4-2-3-5-13-26/h6-11H,2-5,12-16H2,1H3,(H,24,27). The van der Waals surface area contributed by atoms with E-state index in [4.69, 9.17) is 0 Å². The van der Waals surface area contributed by atoms with Crippen LogP contribution in [0.15, 0.2) is 40.2 Å². The molecule has 2 aromatic rings. The number of halogens is 1. The van der Waals surface area contributed by atoms with E-state index in [1.807, 2.05) is 6.07 Å². The SMILES string of the molecule is CN(CC(=O)NCc1ccc(CN2CCCCCC2)cc1)C(=O)c1ccc(Br)s1. The number of thiophene rings is 1. The lowest BCUT2D eigenvalue weighted by molar-refractivity contribution is -0.121. The molecule has 0 spiro atoms. The highest BCUT2D eigenvalue weighted by atomic mass is 79.9. The van der Waals surface area contributed by atoms with Gasteiger partial charge in [0.1, 0.15) is 0 Å². The summed E-state index contributed by atoms with van der Waals surface area (Å²) in [6.45, 7) is 3.88. The largest absolute Gasteiger partial charge is 0.350 e. The van der Waals surface area contributed by atoms with Crippen LogP contribution in [0.5, 0.6) is 0 Å². The molecule has 1 aliphatic rings. The predicted octanol–water partition coefficient (Wildman–Crippen LogP) is 4.28. The van der Waals surface area contributed by atoms with Crippen LogP contribution in [0.3, 0.4) is 0 Å². The van der Waals surface area contributed by atoms with Crippen LogP contribution in [-0.2, 0) is 17.9 Å². The van der Waals surface area contributed by atoms with Gasteiger partial charge in [-0.3, -0.25) is 14.5 Å². The first kappa shape index (κ1) is 22.0. The molecule has 29 heavy (non-hydrogen) atoms. The number of nitrogens with zero attached hydrogens (tertiary/aromatic N) is 2. The molecule has 3 rings (SSSR count). The van der Waals surface area contributed by atoms with Gasteiger partial charge in [-0.2, -0.15) is 0 Å². The van der Waals surface area contributed by atoms with E-state index < -0.39 is 0 Å². The molecule has 1 N–H and O–H groups in total. The Morgan fingerprint density at radius 3 is 2.31 bits per heavy atom. The third-order valence-electron chi connectivity index (χ3n) is 5.13. The van der Waals surface area contributed by atoms with Crippen molar-refractivity contribution in [1.29, 1.82) is 0 Å². The van der Waals surface area contributed by atoms with Gasteiger partial charge in [-0.05, 0) is 65.1 Å². The van der Waals surface area contributed by atoms with Gasteiger partial charge < -0.3 is 10.2 Å². The maximum atomic E-state index is 12.3. The highest BCUT2D eigenvalue weighted by molar-refractivity contribution is 9.11. The average molecular weight is 478 g/mol. The first-order valence-corrected chi connectivity index (χ1v) is 11.7. The summed E-state index contributed by atoms with van der Waals surface area (Å²) in [6.07, 6.45) is 5.29. The van der Waals surface area contributed by atoms with Crippen molar-refractivity contribution in [1.82, 2.24) is 15.1 Å². The highest BCUT2D eigenvalue weighted by Crippen LogP contribution is 2.23. The Bertz CT molecular complexity index is 814. The van der Waals surface area contributed by atoms with Crippen LogP contribution in [0.4, 0.5) is 0 Å². The first-order valence-electron chi connectivity index (χ1n) is 10.1. The van der Waals surface area contributed by atoms with E-state index >= 15 is 0 Å². The molecule has 1 saturated heterocycles. The second-order valence-electron chi connectivity index (χ2n) is 7.55. The third kappa shape index (κ3) is 6.94. The number of carbonyl (C=O) groups is 2. The fourth-order valence-electron chi connectivity index (χ4n) is 3.48. The molecule has 1 aromatic heterocycles. The lowest BCUT2D eigenvalue weighted by Crippen LogP contribution is -2.37. The molecule has 2 heterocycles. The molecule has 0 bridgehead atoms. The van der Waals surface area contributed by atoms with Gasteiger partial charge in [0.15, 0.2) is 0 Å². The van der Waals surface area contributed by atoms with Gasteiger partial charge in [-0.25, -0.2) is 0 Å². The monoisotopic (exact) mass is 477 g/mol. The van der Waals surface area contributed by atoms with Crippen LogP contribution in [0.2, 0.25) is 0 Å². The molecular weight excluding hydrogens is 450 g/mol. The first-order chi connectivity index (χ1) is 14.0. The zero-order valence-electron chi connectivity index (χ0n) is 16.8. The summed E-state index contributed by atoms with van der Waals surface area (Å²) < 4.78 is 0.901. The molecule has 0 radical (unpaired) electrons. The van der Waals surface area contributed by atoms with Crippen LogP contribution in [-0.4, -0.2) is 48.3 Å². The van der Waals surface area contributed by atoms with Crippen LogP contribution < -0.4 is 5.32 Å². The average Bonchev–Trinajstić information content (AvgIpc) is 2.98. The van der Waals surface area contributed by atoms with E-state index in [0.717, 1.165) is 15.9 Å². The Hall–Kier alpha value is -1.70. The van der Waals surface area contributed by atoms with Crippen molar-refractivity contribution in [2.75, 3.05) is 26.7 Å². The van der Waals surface area contributed by atoms with Crippen molar-refractivity contribution < 1.29 is 9.59 Å². The molecule has 1 fully saturated rings. The maximum absolute atomic E-state index is 12.3. The second kappa shape index (κ2) is 10.9. The number of amides is 2. The molecule has 0 saturated carbocycles. The van der Waals surface area contributed by atoms with E-state index in [1.165, 1.54) is 60.6 Å². The van der Waals surface area contributed by atoms with E-state index in [-0.39, 0.29) is 18.4 Å². The Morgan fingerprint density at radius 2 is 1.69 bits per heavy atom. The second-order valence-corrected chi connectivity index (χ2v) is 10.0. The number of rotatable bonds is 7. The molecule has 2 amide bonds. The van der Waals surface area contributed by atoms with Crippen LogP contribution >= 0.6 is 27.3 Å². The number of benzene rings is 1. The number of likely N-dealkylation sites (tertiary alicyclic amines) is 1. The van der Waals surface area contributed by atoms with Gasteiger partial charge in [0.05, 0.1) is 15.2 Å². The molecule has 1 aliphatic heterocycles. The molecule has 0 unspecified atom stereocenters. The van der Waals surface area contributed by atoms with Gasteiger partial charge in [-0.15, -0.1) is 11.3 Å². The lowest BCUT2D eigenvalue weighted by atomic mass is 10.1. The van der Waals surface area contributed by atoms with E-state index in [9.17, 15) is 9.59 Å². The summed E-state index contributed by atoms with van der Waals surface area (Å²) in [5, 5.41) is 2.90. The lowest BCUT2D eigenvalue weighted by Gasteiger charge is -2.20. The van der Waals surface area contributed by atoms with Gasteiger partial charge in [0.25, 0.3) is 5.91 Å². The highest BCUT2D eigenvalue weighted by Gasteiger charge is 2.16. The Balaban J connectivity index is 1.43. The van der Waals surface area contributed by atoms with E-state index in [2.05, 4.69) is 50.4 Å². The van der Waals surface area contributed by atoms with Gasteiger partial charge in [-0.1, -0.05) is 37.1 Å². The summed E-state index contributed by atoms with van der Waals surface area (Å²) in [5.74, 6) is -0.307. The topological polar surface area (TPSA) is 52.7 Å². The molecule has 1 aromatic carbocycles. The fourth-order valence-corrected chi connectivity index (χ4v) is 4.86.